The van der Waals surface area contributed by atoms with Gasteiger partial charge >= 0.3 is 0 Å². The van der Waals surface area contributed by atoms with Crippen molar-refractivity contribution in [3.05, 3.63) is 543 Å². The Morgan fingerprint density at radius 3 is 0.500 bits per heavy atom. The molecule has 0 fully saturated rings. The van der Waals surface area contributed by atoms with Crippen LogP contribution in [-0.2, 0) is 77.4 Å². The van der Waals surface area contributed by atoms with Gasteiger partial charge in [-0.3, -0.25) is 0 Å². The van der Waals surface area contributed by atoms with E-state index in [0.717, 1.165) is 5.56 Å². The Morgan fingerprint density at radius 2 is 0.331 bits per heavy atom. The lowest BCUT2D eigenvalue weighted by atomic mass is 9.87. The first-order valence-corrected chi connectivity index (χ1v) is 49.3. The molecule has 0 atom stereocenters. The third kappa shape index (κ3) is 25.6. The smallest absolute Gasteiger partial charge is 0.172 e. The lowest BCUT2D eigenvalue weighted by Crippen LogP contribution is -2.11. The van der Waals surface area contributed by atoms with Crippen LogP contribution in [0.1, 0.15) is 54.2 Å². The van der Waals surface area contributed by atoms with E-state index in [1.165, 1.54) is 116 Å². The van der Waals surface area contributed by atoms with Crippen molar-refractivity contribution in [3.63, 3.8) is 0 Å². The van der Waals surface area contributed by atoms with Gasteiger partial charge in [0.1, 0.15) is 0 Å². The minimum Gasteiger partial charge on any atom is -0.392 e. The van der Waals surface area contributed by atoms with Crippen LogP contribution in [0.15, 0.2) is 598 Å². The molecule has 612 valence electrons. The summed E-state index contributed by atoms with van der Waals surface area (Å²) < 4.78 is 0. The number of aliphatic hydroxyl groups is 1. The van der Waals surface area contributed by atoms with Crippen LogP contribution in [0.25, 0.3) is 0 Å². The molecule has 18 rings (SSSR count). The second-order valence-corrected chi connectivity index (χ2v) is 42.4. The monoisotopic (exact) mass is 1720 g/mol. The van der Waals surface area contributed by atoms with E-state index in [9.17, 15) is 5.11 Å². The van der Waals surface area contributed by atoms with Crippen LogP contribution in [0, 0.1) is 27.7 Å². The average molecular weight is 1720 g/mol. The van der Waals surface area contributed by atoms with Gasteiger partial charge in [0.05, 0.1) is 72.0 Å². The highest BCUT2D eigenvalue weighted by molar-refractivity contribution is 7.98. The van der Waals surface area contributed by atoms with Crippen LogP contribution in [-0.4, -0.2) is 5.11 Å². The van der Waals surface area contributed by atoms with Crippen molar-refractivity contribution >= 4 is 65.4 Å². The summed E-state index contributed by atoms with van der Waals surface area (Å²) in [7, 11) is -0.254. The lowest BCUT2D eigenvalue weighted by Gasteiger charge is -2.19. The van der Waals surface area contributed by atoms with Gasteiger partial charge < -0.3 is 5.11 Å². The molecular formula is C117H108OS6+6. The number of aliphatic hydroxyl groups excluding tert-OH is 1. The summed E-state index contributed by atoms with van der Waals surface area (Å²) in [5.41, 5.74) is 7.93. The largest absolute Gasteiger partial charge is 0.392 e. The van der Waals surface area contributed by atoms with Crippen molar-refractivity contribution in [1.29, 1.82) is 0 Å². The van der Waals surface area contributed by atoms with Crippen molar-refractivity contribution in [1.82, 2.24) is 0 Å². The van der Waals surface area contributed by atoms with Gasteiger partial charge in [0.2, 0.25) is 0 Å². The van der Waals surface area contributed by atoms with Crippen molar-refractivity contribution in [3.8, 4) is 0 Å². The van der Waals surface area contributed by atoms with E-state index in [-0.39, 0.29) is 77.4 Å². The number of benzene rings is 18. The first-order chi connectivity index (χ1) is 60.8. The Labute approximate surface area is 755 Å². The minimum atomic E-state index is -0.107. The van der Waals surface area contributed by atoms with Crippen molar-refractivity contribution in [2.75, 3.05) is 0 Å². The number of hydrogen-bond donors (Lipinski definition) is 1. The number of rotatable bonds is 19. The molecular weight excluding hydrogens is 1610 g/mol. The summed E-state index contributed by atoms with van der Waals surface area (Å²) in [4.78, 5) is 24.5. The molecule has 0 unspecified atom stereocenters. The molecule has 124 heavy (non-hydrogen) atoms. The second kappa shape index (κ2) is 47.0. The normalized spacial score (nSPS) is 10.9. The van der Waals surface area contributed by atoms with Gasteiger partial charge in [0.25, 0.3) is 0 Å². The molecule has 7 heteroatoms. The molecule has 18 aromatic rings. The standard InChI is InChI=1S/C22H23S.C21H21S.C19H17OS.C19H17S.2C18H15S/c1-22(2,3)18-14-16-21(17-15-18)23(19-10-6-4-7-11-19)20-12-8-5-9-13-20;1-16-14-17(2)21(18(3)15-16)22(19-10-6-4-7-11-19)20-12-8-5-9-13-20;20-15-16-11-13-19(14-12-16)21(17-7-3-1-4-8-17)18-9-5-2-6-10-18;1-16-12-14-19(15-13-16)20(17-8-4-2-5-9-17)18-10-6-3-7-11-18;2*1-4-10-16(11-5-1)19(17-12-6-2-7-13-17)18-14-8-3-9-15-18/h4-17H,1-3H3;4-15H,1-3H3;1-14,20H,15H2;2-15H,1H3;2*1-15H/q6*+1. The van der Waals surface area contributed by atoms with Crippen molar-refractivity contribution < 1.29 is 5.11 Å². The van der Waals surface area contributed by atoms with Crippen LogP contribution in [0.2, 0.25) is 0 Å². The van der Waals surface area contributed by atoms with E-state index < -0.39 is 0 Å². The van der Waals surface area contributed by atoms with Gasteiger partial charge in [-0.2, -0.15) is 0 Å². The number of aryl methyl sites for hydroxylation is 4. The van der Waals surface area contributed by atoms with Gasteiger partial charge in [-0.1, -0.05) is 335 Å². The summed E-state index contributed by atoms with van der Waals surface area (Å²) in [5.74, 6) is 0. The molecule has 0 amide bonds. The third-order valence-corrected chi connectivity index (χ3v) is 33.8. The Balaban J connectivity index is 0.000000128. The quantitative estimate of drug-likeness (QED) is 0.0800. The zero-order valence-electron chi connectivity index (χ0n) is 71.6. The van der Waals surface area contributed by atoms with E-state index >= 15 is 0 Å². The fourth-order valence-corrected chi connectivity index (χ4v) is 27.0. The summed E-state index contributed by atoms with van der Waals surface area (Å²) in [5, 5.41) is 9.20. The molecule has 0 aliphatic heterocycles. The Bertz CT molecular complexity index is 5550. The molecule has 18 aromatic carbocycles. The first kappa shape index (κ1) is 89.8. The number of hydrogen-bond acceptors (Lipinski definition) is 1. The van der Waals surface area contributed by atoms with Gasteiger partial charge in [-0.25, -0.2) is 0 Å². The highest BCUT2D eigenvalue weighted by atomic mass is 32.2. The van der Waals surface area contributed by atoms with Gasteiger partial charge in [0, 0.05) is 11.1 Å². The van der Waals surface area contributed by atoms with E-state index in [0.29, 0.717) is 0 Å². The maximum Gasteiger partial charge on any atom is 0.172 e. The topological polar surface area (TPSA) is 20.2 Å². The zero-order valence-corrected chi connectivity index (χ0v) is 76.5. The molecule has 1 N–H and O–H groups in total. The summed E-state index contributed by atoms with van der Waals surface area (Å²) in [6.45, 7) is 15.6. The summed E-state index contributed by atoms with van der Waals surface area (Å²) >= 11 is 0. The van der Waals surface area contributed by atoms with Crippen LogP contribution in [0.5, 0.6) is 0 Å². The van der Waals surface area contributed by atoms with E-state index in [1.54, 1.807) is 0 Å². The maximum atomic E-state index is 9.20. The zero-order chi connectivity index (χ0) is 85.9. The molecule has 0 spiro atoms. The predicted octanol–water partition coefficient (Wildman–Crippen LogP) is 30.7. The third-order valence-electron chi connectivity index (χ3n) is 20.1. The lowest BCUT2D eigenvalue weighted by molar-refractivity contribution is 0.282. The van der Waals surface area contributed by atoms with Crippen LogP contribution in [0.4, 0.5) is 0 Å². The highest BCUT2D eigenvalue weighted by Crippen LogP contribution is 2.39. The summed E-state index contributed by atoms with van der Waals surface area (Å²) in [6.07, 6.45) is 0. The van der Waals surface area contributed by atoms with Crippen LogP contribution in [0.3, 0.4) is 0 Å². The molecule has 0 aliphatic rings. The molecule has 0 radical (unpaired) electrons. The van der Waals surface area contributed by atoms with E-state index in [1.807, 2.05) is 24.3 Å². The Morgan fingerprint density at radius 1 is 0.177 bits per heavy atom. The Kier molecular flexibility index (Phi) is 34.1. The maximum absolute atomic E-state index is 9.20. The first-order valence-electron chi connectivity index (χ1n) is 42.0. The molecule has 0 aliphatic carbocycles. The highest BCUT2D eigenvalue weighted by Gasteiger charge is 2.35. The average Bonchev–Trinajstić information content (AvgIpc) is 0.790. The van der Waals surface area contributed by atoms with Crippen molar-refractivity contribution in [2.24, 2.45) is 0 Å². The minimum absolute atomic E-state index is 0.0146. The molecule has 0 bridgehead atoms. The molecule has 1 nitrogen and oxygen atoms in total. The Hall–Kier alpha value is -12.0. The fraction of sp³-hybridized carbons (Fsp3) is 0.0769. The van der Waals surface area contributed by atoms with Crippen LogP contribution >= 0.6 is 0 Å². The molecule has 0 saturated carbocycles. The molecule has 0 aromatic heterocycles. The van der Waals surface area contributed by atoms with Gasteiger partial charge in [-0.05, 0) is 250 Å². The van der Waals surface area contributed by atoms with E-state index in [4.69, 9.17) is 0 Å². The fourth-order valence-electron chi connectivity index (χ4n) is 14.2. The van der Waals surface area contributed by atoms with Gasteiger partial charge in [0.15, 0.2) is 88.1 Å². The van der Waals surface area contributed by atoms with E-state index in [2.05, 4.69) is 534 Å². The second-order valence-electron chi connectivity index (χ2n) is 30.3. The van der Waals surface area contributed by atoms with Crippen LogP contribution < -0.4 is 0 Å². The van der Waals surface area contributed by atoms with Gasteiger partial charge in [-0.15, -0.1) is 0 Å². The molecule has 0 heterocycles. The summed E-state index contributed by atoms with van der Waals surface area (Å²) in [6, 6.07) is 181. The molecule has 0 saturated heterocycles. The predicted molar refractivity (Wildman–Crippen MR) is 533 cm³/mol. The SMILES string of the molecule is CC(C)(C)c1ccc([S+](c2ccccc2)c2ccccc2)cc1.Cc1cc(C)c([S+](c2ccccc2)c2ccccc2)c(C)c1.Cc1ccc([S+](c2ccccc2)c2ccccc2)cc1.OCc1ccc([S+](c2ccccc2)c2ccccc2)cc1.c1ccc([S+](c2ccccc2)c2ccccc2)cc1.c1ccc([S+](c2ccccc2)c2ccccc2)cc1. The van der Waals surface area contributed by atoms with Crippen molar-refractivity contribution in [2.45, 2.75) is 149 Å².